The molecule has 0 fully saturated rings. The Balaban J connectivity index is 3.50. The van der Waals surface area contributed by atoms with E-state index in [9.17, 15) is 4.79 Å². The molecular formula is C6H13NO2S. The second kappa shape index (κ2) is 5.56. The zero-order chi connectivity index (χ0) is 7.98. The normalized spacial score (nSPS) is 13.0. The van der Waals surface area contributed by atoms with Crippen LogP contribution in [0.5, 0.6) is 0 Å². The van der Waals surface area contributed by atoms with E-state index in [4.69, 9.17) is 5.11 Å². The standard InChI is InChI=1S/C6H13NO2S/c1-7-5(6(8)9)3-2-4-10/h5,7,10H,2-4H2,1H3,(H,8,9)/t5-/m0/s1. The predicted molar refractivity (Wildman–Crippen MR) is 43.6 cm³/mol. The van der Waals surface area contributed by atoms with Crippen LogP contribution in [-0.4, -0.2) is 29.9 Å². The third-order valence-corrected chi connectivity index (χ3v) is 1.61. The SMILES string of the molecule is CN[C@@H](CCCS)C(=O)O. The van der Waals surface area contributed by atoms with Crippen LogP contribution in [0.15, 0.2) is 0 Å². The Morgan fingerprint density at radius 1 is 1.80 bits per heavy atom. The molecule has 0 amide bonds. The minimum absolute atomic E-state index is 0.410. The molecule has 0 aliphatic heterocycles. The van der Waals surface area contributed by atoms with Crippen LogP contribution >= 0.6 is 12.6 Å². The number of carboxylic acids is 1. The number of rotatable bonds is 5. The van der Waals surface area contributed by atoms with Gasteiger partial charge in [0.15, 0.2) is 0 Å². The summed E-state index contributed by atoms with van der Waals surface area (Å²) >= 11 is 3.98. The Labute approximate surface area is 66.2 Å². The summed E-state index contributed by atoms with van der Waals surface area (Å²) in [4.78, 5) is 10.3. The van der Waals surface area contributed by atoms with Gasteiger partial charge in [0.25, 0.3) is 0 Å². The van der Waals surface area contributed by atoms with Crippen molar-refractivity contribution in [2.24, 2.45) is 0 Å². The third-order valence-electron chi connectivity index (χ3n) is 1.30. The van der Waals surface area contributed by atoms with Gasteiger partial charge in [0.1, 0.15) is 6.04 Å². The Bertz CT molecular complexity index is 108. The van der Waals surface area contributed by atoms with E-state index in [0.717, 1.165) is 12.2 Å². The molecule has 60 valence electrons. The summed E-state index contributed by atoms with van der Waals surface area (Å²) in [5, 5.41) is 11.2. The fraction of sp³-hybridized carbons (Fsp3) is 0.833. The lowest BCUT2D eigenvalue weighted by Crippen LogP contribution is -2.33. The summed E-state index contributed by atoms with van der Waals surface area (Å²) in [5.41, 5.74) is 0. The fourth-order valence-corrected chi connectivity index (χ4v) is 0.869. The quantitative estimate of drug-likeness (QED) is 0.513. The van der Waals surface area contributed by atoms with Crippen LogP contribution in [-0.2, 0) is 4.79 Å². The number of hydrogen-bond acceptors (Lipinski definition) is 3. The van der Waals surface area contributed by atoms with E-state index < -0.39 is 12.0 Å². The maximum atomic E-state index is 10.3. The molecule has 0 saturated heterocycles. The lowest BCUT2D eigenvalue weighted by Gasteiger charge is -2.08. The largest absolute Gasteiger partial charge is 0.480 e. The van der Waals surface area contributed by atoms with Crippen molar-refractivity contribution in [3.05, 3.63) is 0 Å². The zero-order valence-corrected chi connectivity index (χ0v) is 6.90. The van der Waals surface area contributed by atoms with Gasteiger partial charge in [-0.05, 0) is 25.6 Å². The number of carboxylic acid groups (broad SMARTS) is 1. The van der Waals surface area contributed by atoms with Crippen LogP contribution in [0.4, 0.5) is 0 Å². The molecular weight excluding hydrogens is 150 g/mol. The van der Waals surface area contributed by atoms with Gasteiger partial charge < -0.3 is 10.4 Å². The molecule has 4 heteroatoms. The van der Waals surface area contributed by atoms with E-state index in [2.05, 4.69) is 17.9 Å². The van der Waals surface area contributed by atoms with Crippen molar-refractivity contribution in [3.63, 3.8) is 0 Å². The summed E-state index contributed by atoms with van der Waals surface area (Å²) in [6.45, 7) is 0. The van der Waals surface area contributed by atoms with Gasteiger partial charge in [0.05, 0.1) is 0 Å². The first kappa shape index (κ1) is 9.78. The fourth-order valence-electron chi connectivity index (χ4n) is 0.687. The summed E-state index contributed by atoms with van der Waals surface area (Å²) in [6.07, 6.45) is 1.48. The van der Waals surface area contributed by atoms with Crippen LogP contribution in [0.2, 0.25) is 0 Å². The molecule has 0 bridgehead atoms. The number of carbonyl (C=O) groups is 1. The predicted octanol–water partition coefficient (Wildman–Crippen LogP) is 0.369. The van der Waals surface area contributed by atoms with E-state index in [1.165, 1.54) is 0 Å². The minimum Gasteiger partial charge on any atom is -0.480 e. The number of nitrogens with one attached hydrogen (secondary N) is 1. The topological polar surface area (TPSA) is 49.3 Å². The Morgan fingerprint density at radius 2 is 2.40 bits per heavy atom. The van der Waals surface area contributed by atoms with E-state index in [1.54, 1.807) is 7.05 Å². The summed E-state index contributed by atoms with van der Waals surface area (Å²) in [6, 6.07) is -0.410. The summed E-state index contributed by atoms with van der Waals surface area (Å²) in [7, 11) is 1.65. The van der Waals surface area contributed by atoms with Gasteiger partial charge >= 0.3 is 5.97 Å². The first-order valence-corrected chi connectivity index (χ1v) is 3.86. The van der Waals surface area contributed by atoms with E-state index in [0.29, 0.717) is 6.42 Å². The molecule has 0 rings (SSSR count). The van der Waals surface area contributed by atoms with Gasteiger partial charge in [-0.3, -0.25) is 4.79 Å². The molecule has 0 spiro atoms. The van der Waals surface area contributed by atoms with Gasteiger partial charge in [0.2, 0.25) is 0 Å². The molecule has 0 aliphatic rings. The third kappa shape index (κ3) is 3.74. The van der Waals surface area contributed by atoms with Crippen LogP contribution in [0.3, 0.4) is 0 Å². The summed E-state index contributed by atoms with van der Waals surface area (Å²) in [5.74, 6) is -0.0462. The highest BCUT2D eigenvalue weighted by molar-refractivity contribution is 7.80. The smallest absolute Gasteiger partial charge is 0.320 e. The average molecular weight is 163 g/mol. The van der Waals surface area contributed by atoms with E-state index in [-0.39, 0.29) is 0 Å². The minimum atomic E-state index is -0.788. The Kier molecular flexibility index (Phi) is 5.43. The zero-order valence-electron chi connectivity index (χ0n) is 6.00. The molecule has 0 saturated carbocycles. The van der Waals surface area contributed by atoms with Crippen molar-refractivity contribution in [1.29, 1.82) is 0 Å². The number of aliphatic carboxylic acids is 1. The van der Waals surface area contributed by atoms with Gasteiger partial charge in [0, 0.05) is 0 Å². The van der Waals surface area contributed by atoms with Crippen molar-refractivity contribution < 1.29 is 9.90 Å². The molecule has 0 aromatic carbocycles. The maximum Gasteiger partial charge on any atom is 0.320 e. The van der Waals surface area contributed by atoms with Crippen LogP contribution in [0.25, 0.3) is 0 Å². The molecule has 10 heavy (non-hydrogen) atoms. The van der Waals surface area contributed by atoms with Gasteiger partial charge in [-0.2, -0.15) is 12.6 Å². The van der Waals surface area contributed by atoms with Crippen molar-refractivity contribution in [3.8, 4) is 0 Å². The molecule has 0 radical (unpaired) electrons. The van der Waals surface area contributed by atoms with Gasteiger partial charge in [-0.1, -0.05) is 0 Å². The number of hydrogen-bond donors (Lipinski definition) is 3. The highest BCUT2D eigenvalue weighted by atomic mass is 32.1. The second-order valence-corrected chi connectivity index (χ2v) is 2.49. The Hall–Kier alpha value is -0.220. The van der Waals surface area contributed by atoms with Crippen LogP contribution in [0.1, 0.15) is 12.8 Å². The highest BCUT2D eigenvalue weighted by Crippen LogP contribution is 1.97. The first-order valence-electron chi connectivity index (χ1n) is 3.23. The van der Waals surface area contributed by atoms with Gasteiger partial charge in [-0.15, -0.1) is 0 Å². The van der Waals surface area contributed by atoms with Crippen LogP contribution in [0, 0.1) is 0 Å². The Morgan fingerprint density at radius 3 is 2.70 bits per heavy atom. The van der Waals surface area contributed by atoms with E-state index in [1.807, 2.05) is 0 Å². The molecule has 0 aliphatic carbocycles. The lowest BCUT2D eigenvalue weighted by atomic mass is 10.2. The molecule has 3 nitrogen and oxygen atoms in total. The first-order chi connectivity index (χ1) is 4.72. The second-order valence-electron chi connectivity index (χ2n) is 2.05. The molecule has 0 aromatic heterocycles. The average Bonchev–Trinajstić information content (AvgIpc) is 1.89. The monoisotopic (exact) mass is 163 g/mol. The molecule has 1 atom stereocenters. The van der Waals surface area contributed by atoms with Crippen molar-refractivity contribution in [2.75, 3.05) is 12.8 Å². The number of likely N-dealkylation sites (N-methyl/N-ethyl adjacent to an activating group) is 1. The van der Waals surface area contributed by atoms with Crippen LogP contribution < -0.4 is 5.32 Å². The molecule has 2 N–H and O–H groups in total. The molecule has 0 heterocycles. The number of thiol groups is 1. The van der Waals surface area contributed by atoms with Crippen molar-refractivity contribution >= 4 is 18.6 Å². The summed E-state index contributed by atoms with van der Waals surface area (Å²) < 4.78 is 0. The maximum absolute atomic E-state index is 10.3. The van der Waals surface area contributed by atoms with Crippen molar-refractivity contribution in [1.82, 2.24) is 5.32 Å². The lowest BCUT2D eigenvalue weighted by molar-refractivity contribution is -0.139. The van der Waals surface area contributed by atoms with Gasteiger partial charge in [-0.25, -0.2) is 0 Å². The molecule has 0 aromatic rings. The molecule has 0 unspecified atom stereocenters. The van der Waals surface area contributed by atoms with Crippen molar-refractivity contribution in [2.45, 2.75) is 18.9 Å². The van der Waals surface area contributed by atoms with E-state index >= 15 is 0 Å². The highest BCUT2D eigenvalue weighted by Gasteiger charge is 2.12.